The van der Waals surface area contributed by atoms with Gasteiger partial charge in [-0.25, -0.2) is 0 Å². The number of carboxylic acids is 1. The number of carbonyl (C=O) groups excluding carboxylic acids is 1. The lowest BCUT2D eigenvalue weighted by molar-refractivity contribution is -0.137. The van der Waals surface area contributed by atoms with Crippen LogP contribution in [0.25, 0.3) is 11.1 Å². The largest absolute Gasteiger partial charge is 0.493 e. The number of nitrogens with one attached hydrogen (secondary N) is 1. The standard InChI is InChI=1S/C32H32N2O5/c1-20(35)14-21-4-2-6-24(15-21)25-10-11-29-26(17-25)32(12-13-39-29)18-27(32)31(38)34-28-16-22(19-33)8-9-23(28)5-3-7-30(36)37/h2,4,6,8-11,15-17,20,27,35H,3,5,7,12-14,18H2,1H3,(H,34,38)(H,36,37)/t20?,27-,32-/m0/s1. The van der Waals surface area contributed by atoms with E-state index in [1.165, 1.54) is 0 Å². The van der Waals surface area contributed by atoms with Crippen molar-refractivity contribution in [2.75, 3.05) is 11.9 Å². The van der Waals surface area contributed by atoms with Gasteiger partial charge >= 0.3 is 5.97 Å². The van der Waals surface area contributed by atoms with Gasteiger partial charge in [-0.2, -0.15) is 5.26 Å². The molecule has 1 saturated carbocycles. The van der Waals surface area contributed by atoms with Crippen molar-refractivity contribution in [3.8, 4) is 22.9 Å². The first-order valence-electron chi connectivity index (χ1n) is 13.4. The molecule has 0 aromatic heterocycles. The summed E-state index contributed by atoms with van der Waals surface area (Å²) in [5.41, 5.74) is 5.73. The van der Waals surface area contributed by atoms with Crippen molar-refractivity contribution in [1.82, 2.24) is 0 Å². The molecule has 7 heteroatoms. The second-order valence-electron chi connectivity index (χ2n) is 10.7. The lowest BCUT2D eigenvalue weighted by Gasteiger charge is -2.27. The van der Waals surface area contributed by atoms with Gasteiger partial charge in [-0.05, 0) is 85.5 Å². The quantitative estimate of drug-likeness (QED) is 0.352. The van der Waals surface area contributed by atoms with Crippen LogP contribution in [0, 0.1) is 17.2 Å². The molecule has 2 aliphatic rings. The number of aliphatic hydroxyl groups excluding tert-OH is 1. The van der Waals surface area contributed by atoms with Crippen LogP contribution in [0.4, 0.5) is 5.69 Å². The first-order valence-corrected chi connectivity index (χ1v) is 13.4. The number of aliphatic hydroxyl groups is 1. The van der Waals surface area contributed by atoms with E-state index in [0.717, 1.165) is 40.0 Å². The fraction of sp³-hybridized carbons (Fsp3) is 0.344. The average Bonchev–Trinajstić information content (AvgIpc) is 3.63. The highest BCUT2D eigenvalue weighted by atomic mass is 16.5. The van der Waals surface area contributed by atoms with E-state index in [4.69, 9.17) is 9.84 Å². The zero-order valence-electron chi connectivity index (χ0n) is 21.9. The molecule has 0 saturated heterocycles. The van der Waals surface area contributed by atoms with E-state index < -0.39 is 12.1 Å². The van der Waals surface area contributed by atoms with Crippen molar-refractivity contribution < 1.29 is 24.5 Å². The molecule has 7 nitrogen and oxygen atoms in total. The number of aliphatic carboxylic acids is 1. The summed E-state index contributed by atoms with van der Waals surface area (Å²) in [4.78, 5) is 24.5. The molecule has 0 radical (unpaired) electrons. The van der Waals surface area contributed by atoms with Gasteiger partial charge in [0.1, 0.15) is 5.75 Å². The van der Waals surface area contributed by atoms with Crippen LogP contribution in [0.1, 0.15) is 54.9 Å². The van der Waals surface area contributed by atoms with Gasteiger partial charge in [0.2, 0.25) is 5.91 Å². The summed E-state index contributed by atoms with van der Waals surface area (Å²) in [5.74, 6) is -0.376. The highest BCUT2D eigenvalue weighted by Gasteiger charge is 2.61. The zero-order chi connectivity index (χ0) is 27.6. The third-order valence-corrected chi connectivity index (χ3v) is 7.84. The first kappa shape index (κ1) is 26.5. The Balaban J connectivity index is 1.38. The second kappa shape index (κ2) is 10.9. The third-order valence-electron chi connectivity index (χ3n) is 7.84. The maximum Gasteiger partial charge on any atom is 0.303 e. The highest BCUT2D eigenvalue weighted by molar-refractivity contribution is 5.97. The number of fused-ring (bicyclic) bond motifs is 2. The fourth-order valence-corrected chi connectivity index (χ4v) is 5.77. The van der Waals surface area contributed by atoms with E-state index in [-0.39, 0.29) is 23.7 Å². The minimum atomic E-state index is -0.860. The van der Waals surface area contributed by atoms with Crippen LogP contribution in [-0.2, 0) is 27.8 Å². The van der Waals surface area contributed by atoms with Crippen LogP contribution in [0.3, 0.4) is 0 Å². The summed E-state index contributed by atoms with van der Waals surface area (Å²) in [7, 11) is 0. The van der Waals surface area contributed by atoms with Crippen LogP contribution in [0.5, 0.6) is 5.75 Å². The molecule has 1 aliphatic heterocycles. The first-order chi connectivity index (χ1) is 18.8. The number of carboxylic acid groups (broad SMARTS) is 1. The predicted molar refractivity (Wildman–Crippen MR) is 148 cm³/mol. The van der Waals surface area contributed by atoms with Crippen molar-refractivity contribution in [3.05, 3.63) is 82.9 Å². The van der Waals surface area contributed by atoms with Crippen molar-refractivity contribution in [2.45, 2.75) is 57.0 Å². The molecule has 3 aromatic rings. The van der Waals surface area contributed by atoms with Crippen molar-refractivity contribution >= 4 is 17.6 Å². The molecule has 1 heterocycles. The van der Waals surface area contributed by atoms with Crippen LogP contribution < -0.4 is 10.1 Å². The smallest absolute Gasteiger partial charge is 0.303 e. The number of hydrogen-bond donors (Lipinski definition) is 3. The molecule has 5 rings (SSSR count). The number of nitriles is 1. The second-order valence-corrected chi connectivity index (χ2v) is 10.7. The van der Waals surface area contributed by atoms with Crippen LogP contribution >= 0.6 is 0 Å². The molecule has 3 N–H and O–H groups in total. The lowest BCUT2D eigenvalue weighted by Crippen LogP contribution is -2.27. The third kappa shape index (κ3) is 5.67. The Morgan fingerprint density at radius 2 is 1.97 bits per heavy atom. The van der Waals surface area contributed by atoms with Gasteiger partial charge < -0.3 is 20.3 Å². The Morgan fingerprint density at radius 3 is 2.74 bits per heavy atom. The summed E-state index contributed by atoms with van der Waals surface area (Å²) in [6.45, 7) is 2.32. The Labute approximate surface area is 228 Å². The maximum absolute atomic E-state index is 13.5. The number of amides is 1. The fourth-order valence-electron chi connectivity index (χ4n) is 5.77. The number of ether oxygens (including phenoxy) is 1. The molecule has 0 bridgehead atoms. The van der Waals surface area contributed by atoms with Crippen molar-refractivity contribution in [2.24, 2.45) is 5.92 Å². The number of rotatable bonds is 9. The lowest BCUT2D eigenvalue weighted by atomic mass is 9.85. The van der Waals surface area contributed by atoms with Crippen LogP contribution in [0.2, 0.25) is 0 Å². The summed E-state index contributed by atoms with van der Waals surface area (Å²) >= 11 is 0. The number of anilines is 1. The monoisotopic (exact) mass is 524 g/mol. The molecule has 1 aliphatic carbocycles. The SMILES string of the molecule is CC(O)Cc1cccc(-c2ccc3c(c2)[C@]2(CCO3)C[C@H]2C(=O)Nc2cc(C#N)ccc2CCCC(=O)O)c1. The molecule has 1 spiro atoms. The van der Waals surface area contributed by atoms with Crippen LogP contribution in [-0.4, -0.2) is 34.8 Å². The van der Waals surface area contributed by atoms with Gasteiger partial charge in [-0.15, -0.1) is 0 Å². The normalized spacial score (nSPS) is 19.9. The molecule has 3 atom stereocenters. The van der Waals surface area contributed by atoms with Gasteiger partial charge in [-0.1, -0.05) is 36.4 Å². The zero-order valence-corrected chi connectivity index (χ0v) is 21.9. The Kier molecular flexibility index (Phi) is 7.40. The Hall–Kier alpha value is -4.15. The molecule has 200 valence electrons. The van der Waals surface area contributed by atoms with Gasteiger partial charge in [0, 0.05) is 29.0 Å². The molecule has 1 fully saturated rings. The number of aryl methyl sites for hydroxylation is 1. The van der Waals surface area contributed by atoms with E-state index in [2.05, 4.69) is 29.6 Å². The van der Waals surface area contributed by atoms with E-state index in [1.807, 2.05) is 24.3 Å². The number of hydrogen-bond acceptors (Lipinski definition) is 5. The predicted octanol–water partition coefficient (Wildman–Crippen LogP) is 5.23. The summed E-state index contributed by atoms with van der Waals surface area (Å²) in [6.07, 6.45) is 2.61. The summed E-state index contributed by atoms with van der Waals surface area (Å²) in [5, 5.41) is 31.2. The highest BCUT2D eigenvalue weighted by Crippen LogP contribution is 2.61. The van der Waals surface area contributed by atoms with Gasteiger partial charge in [-0.3, -0.25) is 9.59 Å². The Bertz CT molecular complexity index is 1460. The number of benzene rings is 3. The molecule has 39 heavy (non-hydrogen) atoms. The van der Waals surface area contributed by atoms with E-state index in [9.17, 15) is 20.0 Å². The number of nitrogens with zero attached hydrogens (tertiary/aromatic N) is 1. The Morgan fingerprint density at radius 1 is 1.15 bits per heavy atom. The minimum absolute atomic E-state index is 0.0418. The average molecular weight is 525 g/mol. The topological polar surface area (TPSA) is 120 Å². The van der Waals surface area contributed by atoms with E-state index in [0.29, 0.717) is 43.5 Å². The molecule has 3 aromatic carbocycles. The number of carbonyl (C=O) groups is 2. The molecular formula is C32H32N2O5. The van der Waals surface area contributed by atoms with Gasteiger partial charge in [0.15, 0.2) is 0 Å². The van der Waals surface area contributed by atoms with Crippen molar-refractivity contribution in [1.29, 1.82) is 5.26 Å². The van der Waals surface area contributed by atoms with Gasteiger partial charge in [0.05, 0.1) is 24.3 Å². The van der Waals surface area contributed by atoms with Crippen LogP contribution in [0.15, 0.2) is 60.7 Å². The summed E-state index contributed by atoms with van der Waals surface area (Å²) < 4.78 is 5.98. The molecular weight excluding hydrogens is 492 g/mol. The molecule has 1 unspecified atom stereocenters. The van der Waals surface area contributed by atoms with E-state index in [1.54, 1.807) is 25.1 Å². The van der Waals surface area contributed by atoms with Gasteiger partial charge in [0.25, 0.3) is 0 Å². The maximum atomic E-state index is 13.5. The molecule has 1 amide bonds. The van der Waals surface area contributed by atoms with E-state index >= 15 is 0 Å². The summed E-state index contributed by atoms with van der Waals surface area (Å²) in [6, 6.07) is 21.6. The van der Waals surface area contributed by atoms with Crippen molar-refractivity contribution in [3.63, 3.8) is 0 Å². The minimum Gasteiger partial charge on any atom is -0.493 e.